The predicted molar refractivity (Wildman–Crippen MR) is 60.4 cm³/mol. The number of anilines is 1. The number of benzene rings is 1. The number of aromatic nitrogens is 2. The van der Waals surface area contributed by atoms with Gasteiger partial charge < -0.3 is 10.5 Å². The maximum absolute atomic E-state index is 11.0. The molecular formula is C11H11N3O2. The topological polar surface area (TPSA) is 81.0 Å². The highest BCUT2D eigenvalue weighted by Gasteiger charge is 2.08. The molecule has 0 unspecified atom stereocenters. The van der Waals surface area contributed by atoms with E-state index < -0.39 is 0 Å². The number of nitrogens with one attached hydrogen (secondary N) is 1. The molecule has 82 valence electrons. The molecule has 0 aliphatic carbocycles. The molecule has 0 radical (unpaired) electrons. The number of nitrogen functional groups attached to an aromatic ring is 1. The number of nitrogens with zero attached hydrogens (tertiary/aromatic N) is 1. The monoisotopic (exact) mass is 217 g/mol. The van der Waals surface area contributed by atoms with Crippen LogP contribution >= 0.6 is 0 Å². The van der Waals surface area contributed by atoms with Gasteiger partial charge in [0.2, 0.25) is 0 Å². The van der Waals surface area contributed by atoms with E-state index in [-0.39, 0.29) is 0 Å². The van der Waals surface area contributed by atoms with Crippen LogP contribution in [0.5, 0.6) is 5.75 Å². The second kappa shape index (κ2) is 4.06. The average Bonchev–Trinajstić information content (AvgIpc) is 2.74. The number of hydrogen-bond donors (Lipinski definition) is 2. The SMILES string of the molecule is COc1ccc(-c2cc(N)n[nH]2)c(C=O)c1. The van der Waals surface area contributed by atoms with Gasteiger partial charge in [-0.3, -0.25) is 9.89 Å². The second-order valence-corrected chi connectivity index (χ2v) is 3.28. The van der Waals surface area contributed by atoms with Gasteiger partial charge in [-0.15, -0.1) is 0 Å². The minimum absolute atomic E-state index is 0.391. The molecule has 0 aliphatic heterocycles. The smallest absolute Gasteiger partial charge is 0.150 e. The minimum atomic E-state index is 0.391. The number of methoxy groups -OCH3 is 1. The molecule has 1 aromatic heterocycles. The van der Waals surface area contributed by atoms with Gasteiger partial charge in [0.25, 0.3) is 0 Å². The number of aromatic amines is 1. The second-order valence-electron chi connectivity index (χ2n) is 3.28. The summed E-state index contributed by atoms with van der Waals surface area (Å²) in [7, 11) is 1.55. The van der Waals surface area contributed by atoms with Gasteiger partial charge in [0.05, 0.1) is 12.8 Å². The fourth-order valence-corrected chi connectivity index (χ4v) is 1.49. The van der Waals surface area contributed by atoms with Gasteiger partial charge in [0.1, 0.15) is 11.6 Å². The van der Waals surface area contributed by atoms with Crippen LogP contribution in [0.25, 0.3) is 11.3 Å². The summed E-state index contributed by atoms with van der Waals surface area (Å²) in [6.45, 7) is 0. The van der Waals surface area contributed by atoms with Crippen molar-refractivity contribution in [3.8, 4) is 17.0 Å². The largest absolute Gasteiger partial charge is 0.497 e. The third-order valence-corrected chi connectivity index (χ3v) is 2.27. The molecule has 0 saturated carbocycles. The van der Waals surface area contributed by atoms with Crippen LogP contribution in [-0.2, 0) is 0 Å². The fourth-order valence-electron chi connectivity index (χ4n) is 1.49. The Hall–Kier alpha value is -2.30. The van der Waals surface area contributed by atoms with Gasteiger partial charge in [0.15, 0.2) is 6.29 Å². The van der Waals surface area contributed by atoms with Crippen LogP contribution in [0.4, 0.5) is 5.82 Å². The third kappa shape index (κ3) is 1.75. The number of ether oxygens (including phenoxy) is 1. The van der Waals surface area contributed by atoms with Gasteiger partial charge >= 0.3 is 0 Å². The lowest BCUT2D eigenvalue weighted by atomic mass is 10.1. The van der Waals surface area contributed by atoms with E-state index in [0.29, 0.717) is 22.8 Å². The van der Waals surface area contributed by atoms with Crippen molar-refractivity contribution in [3.05, 3.63) is 29.8 Å². The summed E-state index contributed by atoms with van der Waals surface area (Å²) in [4.78, 5) is 11.0. The third-order valence-electron chi connectivity index (χ3n) is 2.27. The van der Waals surface area contributed by atoms with E-state index in [0.717, 1.165) is 11.8 Å². The van der Waals surface area contributed by atoms with E-state index in [1.165, 1.54) is 0 Å². The van der Waals surface area contributed by atoms with Crippen LogP contribution < -0.4 is 10.5 Å². The Labute approximate surface area is 92.2 Å². The maximum Gasteiger partial charge on any atom is 0.150 e. The van der Waals surface area contributed by atoms with Crippen molar-refractivity contribution in [1.82, 2.24) is 10.2 Å². The van der Waals surface area contributed by atoms with Crippen molar-refractivity contribution in [3.63, 3.8) is 0 Å². The zero-order valence-corrected chi connectivity index (χ0v) is 8.73. The first kappa shape index (κ1) is 10.2. The highest BCUT2D eigenvalue weighted by Crippen LogP contribution is 2.25. The van der Waals surface area contributed by atoms with Crippen molar-refractivity contribution >= 4 is 12.1 Å². The highest BCUT2D eigenvalue weighted by molar-refractivity contribution is 5.87. The Morgan fingerprint density at radius 2 is 2.25 bits per heavy atom. The van der Waals surface area contributed by atoms with Crippen LogP contribution in [0.15, 0.2) is 24.3 Å². The Bertz CT molecular complexity index is 520. The Balaban J connectivity index is 2.52. The normalized spacial score (nSPS) is 10.1. The van der Waals surface area contributed by atoms with Crippen molar-refractivity contribution in [2.75, 3.05) is 12.8 Å². The van der Waals surface area contributed by atoms with Crippen molar-refractivity contribution in [1.29, 1.82) is 0 Å². The quantitative estimate of drug-likeness (QED) is 0.763. The van der Waals surface area contributed by atoms with Crippen LogP contribution in [0.3, 0.4) is 0 Å². The number of nitrogens with two attached hydrogens (primary N) is 1. The molecule has 5 nitrogen and oxygen atoms in total. The van der Waals surface area contributed by atoms with Gasteiger partial charge in [-0.05, 0) is 18.2 Å². The van der Waals surface area contributed by atoms with Crippen LogP contribution in [0, 0.1) is 0 Å². The van der Waals surface area contributed by atoms with Crippen LogP contribution in [-0.4, -0.2) is 23.6 Å². The van der Waals surface area contributed by atoms with Crippen molar-refractivity contribution in [2.24, 2.45) is 0 Å². The lowest BCUT2D eigenvalue weighted by Crippen LogP contribution is -1.90. The molecule has 0 bridgehead atoms. The summed E-state index contributed by atoms with van der Waals surface area (Å²) in [5.74, 6) is 1.03. The lowest BCUT2D eigenvalue weighted by Gasteiger charge is -2.04. The van der Waals surface area contributed by atoms with Gasteiger partial charge in [-0.25, -0.2) is 0 Å². The molecule has 0 amide bonds. The summed E-state index contributed by atoms with van der Waals surface area (Å²) in [5, 5.41) is 6.58. The number of H-pyrrole nitrogens is 1. The summed E-state index contributed by atoms with van der Waals surface area (Å²) in [6, 6.07) is 6.91. The van der Waals surface area contributed by atoms with E-state index >= 15 is 0 Å². The van der Waals surface area contributed by atoms with Gasteiger partial charge in [-0.1, -0.05) is 0 Å². The standard InChI is InChI=1S/C11H11N3O2/c1-16-8-2-3-9(7(4-8)6-15)10-5-11(12)14-13-10/h2-6H,1H3,(H3,12,13,14). The first-order valence-electron chi connectivity index (χ1n) is 4.69. The average molecular weight is 217 g/mol. The molecule has 0 atom stereocenters. The van der Waals surface area contributed by atoms with E-state index in [2.05, 4.69) is 10.2 Å². The minimum Gasteiger partial charge on any atom is -0.497 e. The molecule has 3 N–H and O–H groups in total. The first-order valence-corrected chi connectivity index (χ1v) is 4.69. The zero-order chi connectivity index (χ0) is 11.5. The Morgan fingerprint density at radius 1 is 1.44 bits per heavy atom. The Kier molecular flexibility index (Phi) is 2.59. The van der Waals surface area contributed by atoms with Crippen molar-refractivity contribution in [2.45, 2.75) is 0 Å². The van der Waals surface area contributed by atoms with Gasteiger partial charge in [0, 0.05) is 17.2 Å². The lowest BCUT2D eigenvalue weighted by molar-refractivity contribution is 0.112. The number of aldehydes is 1. The van der Waals surface area contributed by atoms with E-state index in [4.69, 9.17) is 10.5 Å². The number of carbonyl (C=O) groups excluding carboxylic acids is 1. The summed E-state index contributed by atoms with van der Waals surface area (Å²) in [6.07, 6.45) is 0.773. The molecule has 2 aromatic rings. The molecule has 0 fully saturated rings. The fraction of sp³-hybridized carbons (Fsp3) is 0.0909. The van der Waals surface area contributed by atoms with E-state index in [9.17, 15) is 4.79 Å². The molecule has 1 heterocycles. The highest BCUT2D eigenvalue weighted by atomic mass is 16.5. The molecule has 1 aromatic carbocycles. The Morgan fingerprint density at radius 3 is 2.81 bits per heavy atom. The van der Waals surface area contributed by atoms with Gasteiger partial charge in [-0.2, -0.15) is 5.10 Å². The first-order chi connectivity index (χ1) is 7.74. The summed E-state index contributed by atoms with van der Waals surface area (Å²) >= 11 is 0. The number of hydrogen-bond acceptors (Lipinski definition) is 4. The molecular weight excluding hydrogens is 206 g/mol. The zero-order valence-electron chi connectivity index (χ0n) is 8.73. The van der Waals surface area contributed by atoms with Crippen LogP contribution in [0.2, 0.25) is 0 Å². The van der Waals surface area contributed by atoms with E-state index in [1.54, 1.807) is 31.4 Å². The molecule has 0 spiro atoms. The maximum atomic E-state index is 11.0. The molecule has 16 heavy (non-hydrogen) atoms. The van der Waals surface area contributed by atoms with Crippen molar-refractivity contribution < 1.29 is 9.53 Å². The number of rotatable bonds is 3. The summed E-state index contributed by atoms with van der Waals surface area (Å²) in [5.41, 5.74) is 7.50. The number of carbonyl (C=O) groups is 1. The van der Waals surface area contributed by atoms with Crippen LogP contribution in [0.1, 0.15) is 10.4 Å². The molecule has 0 aliphatic rings. The van der Waals surface area contributed by atoms with E-state index in [1.807, 2.05) is 0 Å². The molecule has 2 rings (SSSR count). The molecule has 5 heteroatoms. The molecule has 0 saturated heterocycles. The predicted octanol–water partition coefficient (Wildman–Crippen LogP) is 1.48. The summed E-state index contributed by atoms with van der Waals surface area (Å²) < 4.78 is 5.04.